The number of benzene rings is 2. The van der Waals surface area contributed by atoms with Crippen LogP contribution < -0.4 is 10.9 Å². The van der Waals surface area contributed by atoms with Crippen molar-refractivity contribution in [3.63, 3.8) is 0 Å². The second-order valence-electron chi connectivity index (χ2n) is 6.64. The minimum absolute atomic E-state index is 0.237. The molecule has 5 nitrogen and oxygen atoms in total. The summed E-state index contributed by atoms with van der Waals surface area (Å²) in [6.45, 7) is 5.83. The van der Waals surface area contributed by atoms with Crippen molar-refractivity contribution in [3.8, 4) is 11.3 Å². The van der Waals surface area contributed by atoms with E-state index in [4.69, 9.17) is 23.2 Å². The predicted molar refractivity (Wildman–Crippen MR) is 113 cm³/mol. The Morgan fingerprint density at radius 2 is 1.71 bits per heavy atom. The second-order valence-corrected chi connectivity index (χ2v) is 7.48. The highest BCUT2D eigenvalue weighted by Gasteiger charge is 2.12. The third kappa shape index (κ3) is 4.43. The van der Waals surface area contributed by atoms with Gasteiger partial charge in [0.15, 0.2) is 0 Å². The average molecular weight is 416 g/mol. The Hall–Kier alpha value is -2.63. The fraction of sp³-hybridized carbons (Fsp3) is 0.190. The Morgan fingerprint density at radius 1 is 1.00 bits per heavy atom. The van der Waals surface area contributed by atoms with Crippen LogP contribution in [0.5, 0.6) is 0 Å². The van der Waals surface area contributed by atoms with Crippen LogP contribution in [0.1, 0.15) is 16.7 Å². The van der Waals surface area contributed by atoms with E-state index in [9.17, 15) is 9.59 Å². The lowest BCUT2D eigenvalue weighted by atomic mass is 9.99. The first kappa shape index (κ1) is 20.1. The number of halogens is 2. The van der Waals surface area contributed by atoms with Crippen LogP contribution in [-0.2, 0) is 11.3 Å². The van der Waals surface area contributed by atoms with Crippen molar-refractivity contribution in [1.82, 2.24) is 9.78 Å². The maximum absolute atomic E-state index is 12.4. The first-order chi connectivity index (χ1) is 13.2. The lowest BCUT2D eigenvalue weighted by molar-refractivity contribution is -0.117. The first-order valence-corrected chi connectivity index (χ1v) is 9.41. The summed E-state index contributed by atoms with van der Waals surface area (Å²) in [5.74, 6) is -0.423. The zero-order valence-corrected chi connectivity index (χ0v) is 17.2. The summed E-state index contributed by atoms with van der Waals surface area (Å²) in [6.07, 6.45) is 0. The van der Waals surface area contributed by atoms with Gasteiger partial charge in [-0.2, -0.15) is 5.10 Å². The SMILES string of the molecule is Cc1cc(C)c(-c2ccc(=O)n(CC(=O)Nc3cc(Cl)ccc3Cl)n2)cc1C. The van der Waals surface area contributed by atoms with Crippen LogP contribution in [0.3, 0.4) is 0 Å². The highest BCUT2D eigenvalue weighted by molar-refractivity contribution is 6.35. The molecule has 1 N–H and O–H groups in total. The maximum atomic E-state index is 12.4. The smallest absolute Gasteiger partial charge is 0.267 e. The topological polar surface area (TPSA) is 64.0 Å². The van der Waals surface area contributed by atoms with E-state index in [1.807, 2.05) is 26.8 Å². The molecule has 3 rings (SSSR count). The Bertz CT molecular complexity index is 1120. The van der Waals surface area contributed by atoms with Crippen molar-refractivity contribution in [2.75, 3.05) is 5.32 Å². The molecule has 0 bridgehead atoms. The van der Waals surface area contributed by atoms with Gasteiger partial charge in [-0.1, -0.05) is 29.3 Å². The number of aromatic nitrogens is 2. The molecule has 1 aromatic heterocycles. The molecule has 0 spiro atoms. The number of amides is 1. The van der Waals surface area contributed by atoms with Crippen LogP contribution in [0.4, 0.5) is 5.69 Å². The lowest BCUT2D eigenvalue weighted by Crippen LogP contribution is -2.29. The summed E-state index contributed by atoms with van der Waals surface area (Å²) < 4.78 is 1.14. The van der Waals surface area contributed by atoms with Gasteiger partial charge in [-0.3, -0.25) is 9.59 Å². The Kier molecular flexibility index (Phi) is 5.87. The van der Waals surface area contributed by atoms with Gasteiger partial charge in [0, 0.05) is 16.7 Å². The number of carbonyl (C=O) groups is 1. The Morgan fingerprint density at radius 3 is 2.46 bits per heavy atom. The van der Waals surface area contributed by atoms with Gasteiger partial charge in [-0.05, 0) is 67.8 Å². The molecular formula is C21H19Cl2N3O2. The number of carbonyl (C=O) groups excluding carboxylic acids is 1. The third-order valence-corrected chi connectivity index (χ3v) is 5.04. The predicted octanol–water partition coefficient (Wildman–Crippen LogP) is 4.78. The first-order valence-electron chi connectivity index (χ1n) is 8.66. The molecule has 28 heavy (non-hydrogen) atoms. The zero-order valence-electron chi connectivity index (χ0n) is 15.7. The van der Waals surface area contributed by atoms with Crippen molar-refractivity contribution in [3.05, 3.63) is 79.6 Å². The average Bonchev–Trinajstić information content (AvgIpc) is 2.63. The van der Waals surface area contributed by atoms with Crippen molar-refractivity contribution in [2.24, 2.45) is 0 Å². The fourth-order valence-electron chi connectivity index (χ4n) is 2.86. The quantitative estimate of drug-likeness (QED) is 0.666. The van der Waals surface area contributed by atoms with E-state index in [2.05, 4.69) is 16.5 Å². The van der Waals surface area contributed by atoms with Crippen LogP contribution in [0.2, 0.25) is 10.0 Å². The van der Waals surface area contributed by atoms with Crippen LogP contribution in [0.15, 0.2) is 47.3 Å². The molecular weight excluding hydrogens is 397 g/mol. The van der Waals surface area contributed by atoms with Crippen molar-refractivity contribution in [2.45, 2.75) is 27.3 Å². The molecule has 0 aliphatic heterocycles. The number of nitrogens with one attached hydrogen (secondary N) is 1. The molecule has 1 amide bonds. The molecule has 0 aliphatic rings. The molecule has 7 heteroatoms. The van der Waals surface area contributed by atoms with E-state index >= 15 is 0 Å². The summed E-state index contributed by atoms with van der Waals surface area (Å²) in [4.78, 5) is 24.6. The molecule has 1 heterocycles. The number of hydrogen-bond donors (Lipinski definition) is 1. The van der Waals surface area contributed by atoms with Gasteiger partial charge in [-0.25, -0.2) is 4.68 Å². The van der Waals surface area contributed by atoms with Crippen LogP contribution >= 0.6 is 23.2 Å². The van der Waals surface area contributed by atoms with E-state index in [-0.39, 0.29) is 12.1 Å². The van der Waals surface area contributed by atoms with Gasteiger partial charge in [0.2, 0.25) is 5.91 Å². The largest absolute Gasteiger partial charge is 0.323 e. The van der Waals surface area contributed by atoms with Gasteiger partial charge in [0.1, 0.15) is 6.54 Å². The van der Waals surface area contributed by atoms with E-state index in [1.165, 1.54) is 11.6 Å². The molecule has 0 radical (unpaired) electrons. The number of aryl methyl sites for hydroxylation is 3. The van der Waals surface area contributed by atoms with Crippen LogP contribution in [-0.4, -0.2) is 15.7 Å². The third-order valence-electron chi connectivity index (χ3n) is 4.48. The van der Waals surface area contributed by atoms with E-state index in [0.717, 1.165) is 21.4 Å². The summed E-state index contributed by atoms with van der Waals surface area (Å²) in [6, 6.07) is 12.0. The summed E-state index contributed by atoms with van der Waals surface area (Å²) in [5, 5.41) is 7.84. The van der Waals surface area contributed by atoms with Gasteiger partial charge in [0.25, 0.3) is 5.56 Å². The van der Waals surface area contributed by atoms with E-state index in [0.29, 0.717) is 21.4 Å². The molecule has 0 saturated heterocycles. The molecule has 2 aromatic carbocycles. The summed E-state index contributed by atoms with van der Waals surface area (Å²) in [7, 11) is 0. The lowest BCUT2D eigenvalue weighted by Gasteiger charge is -2.12. The van der Waals surface area contributed by atoms with E-state index < -0.39 is 5.91 Å². The van der Waals surface area contributed by atoms with Gasteiger partial charge in [-0.15, -0.1) is 0 Å². The molecule has 0 atom stereocenters. The summed E-state index contributed by atoms with van der Waals surface area (Å²) in [5.41, 5.74) is 4.95. The van der Waals surface area contributed by atoms with Crippen molar-refractivity contribution < 1.29 is 4.79 Å². The highest BCUT2D eigenvalue weighted by Crippen LogP contribution is 2.26. The Labute approximate surface area is 172 Å². The highest BCUT2D eigenvalue weighted by atomic mass is 35.5. The molecule has 0 aliphatic carbocycles. The van der Waals surface area contributed by atoms with Crippen molar-refractivity contribution in [1.29, 1.82) is 0 Å². The van der Waals surface area contributed by atoms with Gasteiger partial charge >= 0.3 is 0 Å². The number of hydrogen-bond acceptors (Lipinski definition) is 3. The van der Waals surface area contributed by atoms with Crippen molar-refractivity contribution >= 4 is 34.8 Å². The zero-order chi connectivity index (χ0) is 20.4. The second kappa shape index (κ2) is 8.17. The monoisotopic (exact) mass is 415 g/mol. The van der Waals surface area contributed by atoms with E-state index in [1.54, 1.807) is 24.3 Å². The van der Waals surface area contributed by atoms with Crippen LogP contribution in [0, 0.1) is 20.8 Å². The molecule has 0 fully saturated rings. The standard InChI is InChI=1S/C21H19Cl2N3O2/c1-12-8-14(3)16(9-13(12)2)18-6-7-21(28)26(25-18)11-20(27)24-19-10-15(22)4-5-17(19)23/h4-10H,11H2,1-3H3,(H,24,27). The molecule has 0 unspecified atom stereocenters. The fourth-order valence-corrected chi connectivity index (χ4v) is 3.20. The maximum Gasteiger partial charge on any atom is 0.267 e. The van der Waals surface area contributed by atoms with Gasteiger partial charge in [0.05, 0.1) is 16.4 Å². The number of anilines is 1. The number of nitrogens with zero attached hydrogens (tertiary/aromatic N) is 2. The minimum atomic E-state index is -0.423. The summed E-state index contributed by atoms with van der Waals surface area (Å²) >= 11 is 12.0. The van der Waals surface area contributed by atoms with Crippen LogP contribution in [0.25, 0.3) is 11.3 Å². The molecule has 0 saturated carbocycles. The number of rotatable bonds is 4. The normalized spacial score (nSPS) is 10.8. The minimum Gasteiger partial charge on any atom is -0.323 e. The van der Waals surface area contributed by atoms with Gasteiger partial charge < -0.3 is 5.32 Å². The molecule has 144 valence electrons. The molecule has 3 aromatic rings. The Balaban J connectivity index is 1.88.